The quantitative estimate of drug-likeness (QED) is 0.904. The van der Waals surface area contributed by atoms with Gasteiger partial charge in [-0.15, -0.1) is 10.2 Å². The van der Waals surface area contributed by atoms with Gasteiger partial charge in [0.1, 0.15) is 11.4 Å². The number of carbonyl (C=O) groups excluding carboxylic acids is 1. The van der Waals surface area contributed by atoms with Crippen LogP contribution < -0.4 is 5.32 Å². The predicted molar refractivity (Wildman–Crippen MR) is 93.7 cm³/mol. The first-order valence-electron chi connectivity index (χ1n) is 8.82. The lowest BCUT2D eigenvalue weighted by Gasteiger charge is -2.21. The molecule has 1 aliphatic rings. The molecule has 3 rings (SSSR count). The Hall–Kier alpha value is -2.51. The zero-order valence-corrected chi connectivity index (χ0v) is 15.3. The monoisotopic (exact) mass is 361 g/mol. The fourth-order valence-electron chi connectivity index (χ4n) is 3.11. The van der Waals surface area contributed by atoms with Crippen LogP contribution in [0.2, 0.25) is 0 Å². The number of tetrazole rings is 1. The van der Waals surface area contributed by atoms with Crippen LogP contribution in [0.5, 0.6) is 0 Å². The van der Waals surface area contributed by atoms with Crippen molar-refractivity contribution in [2.45, 2.75) is 58.2 Å². The lowest BCUT2D eigenvalue weighted by molar-refractivity contribution is 0.0504. The van der Waals surface area contributed by atoms with E-state index >= 15 is 0 Å². The number of ether oxygens (including phenoxy) is 1. The Morgan fingerprint density at radius 3 is 2.73 bits per heavy atom. The van der Waals surface area contributed by atoms with Crippen molar-refractivity contribution < 1.29 is 13.9 Å². The highest BCUT2D eigenvalue weighted by molar-refractivity contribution is 5.68. The van der Waals surface area contributed by atoms with Crippen LogP contribution in [0.3, 0.4) is 0 Å². The third-order valence-electron chi connectivity index (χ3n) is 4.24. The van der Waals surface area contributed by atoms with E-state index in [-0.39, 0.29) is 18.0 Å². The molecule has 1 aliphatic carbocycles. The van der Waals surface area contributed by atoms with Crippen molar-refractivity contribution >= 4 is 6.09 Å². The first kappa shape index (κ1) is 18.3. The number of rotatable bonds is 4. The van der Waals surface area contributed by atoms with Gasteiger partial charge in [-0.2, -0.15) is 4.80 Å². The fraction of sp³-hybridized carbons (Fsp3) is 0.556. The molecule has 1 aromatic heterocycles. The molecule has 7 nitrogen and oxygen atoms in total. The van der Waals surface area contributed by atoms with Crippen LogP contribution in [-0.2, 0) is 11.3 Å². The van der Waals surface area contributed by atoms with Gasteiger partial charge in [-0.25, -0.2) is 9.18 Å². The molecule has 1 fully saturated rings. The van der Waals surface area contributed by atoms with Crippen molar-refractivity contribution in [3.8, 4) is 11.4 Å². The maximum absolute atomic E-state index is 13.0. The molecule has 0 unspecified atom stereocenters. The summed E-state index contributed by atoms with van der Waals surface area (Å²) in [5, 5.41) is 15.4. The number of hydrogen-bond acceptors (Lipinski definition) is 5. The van der Waals surface area contributed by atoms with Gasteiger partial charge in [0.15, 0.2) is 0 Å². The lowest BCUT2D eigenvalue weighted by atomic mass is 10.1. The summed E-state index contributed by atoms with van der Waals surface area (Å²) >= 11 is 0. The van der Waals surface area contributed by atoms with Crippen LogP contribution in [-0.4, -0.2) is 37.9 Å². The second-order valence-electron chi connectivity index (χ2n) is 7.70. The number of aromatic nitrogens is 4. The predicted octanol–water partition coefficient (Wildman–Crippen LogP) is 3.17. The normalized spacial score (nSPS) is 20.2. The van der Waals surface area contributed by atoms with E-state index in [9.17, 15) is 9.18 Å². The summed E-state index contributed by atoms with van der Waals surface area (Å²) in [5.41, 5.74) is 0.234. The van der Waals surface area contributed by atoms with E-state index in [4.69, 9.17) is 4.74 Å². The summed E-state index contributed by atoms with van der Waals surface area (Å²) in [6.07, 6.45) is 2.37. The van der Waals surface area contributed by atoms with Gasteiger partial charge in [0.2, 0.25) is 5.82 Å². The average molecular weight is 361 g/mol. The standard InChI is InChI=1S/C18H24FN5O2/c1-18(2,3)26-17(25)20-15-9-4-12(10-15)11-24-22-16(21-23-24)13-5-7-14(19)8-6-13/h5-8,12,15H,4,9-11H2,1-3H3,(H,20,25)/t12-,15+/m0/s1. The van der Waals surface area contributed by atoms with Gasteiger partial charge in [0, 0.05) is 11.6 Å². The summed E-state index contributed by atoms with van der Waals surface area (Å²) in [5.74, 6) is 0.548. The molecule has 0 radical (unpaired) electrons. The Labute approximate surface area is 151 Å². The number of nitrogens with zero attached hydrogens (tertiary/aromatic N) is 4. The fourth-order valence-corrected chi connectivity index (χ4v) is 3.11. The molecule has 8 heteroatoms. The van der Waals surface area contributed by atoms with Gasteiger partial charge < -0.3 is 10.1 Å². The first-order chi connectivity index (χ1) is 12.3. The molecular weight excluding hydrogens is 337 g/mol. The maximum atomic E-state index is 13.0. The summed E-state index contributed by atoms with van der Waals surface area (Å²) in [6.45, 7) is 6.18. The van der Waals surface area contributed by atoms with E-state index in [1.807, 2.05) is 20.8 Å². The summed E-state index contributed by atoms with van der Waals surface area (Å²) in [7, 11) is 0. The van der Waals surface area contributed by atoms with Crippen molar-refractivity contribution in [1.82, 2.24) is 25.5 Å². The minimum absolute atomic E-state index is 0.106. The van der Waals surface area contributed by atoms with Gasteiger partial charge in [-0.3, -0.25) is 0 Å². The van der Waals surface area contributed by atoms with Gasteiger partial charge >= 0.3 is 6.09 Å². The zero-order valence-electron chi connectivity index (χ0n) is 15.3. The van der Waals surface area contributed by atoms with Crippen LogP contribution in [0.15, 0.2) is 24.3 Å². The van der Waals surface area contributed by atoms with Gasteiger partial charge in [-0.1, -0.05) is 0 Å². The Bertz CT molecular complexity index is 754. The van der Waals surface area contributed by atoms with Crippen LogP contribution >= 0.6 is 0 Å². The smallest absolute Gasteiger partial charge is 0.407 e. The Kier molecular flexibility index (Phi) is 5.20. The largest absolute Gasteiger partial charge is 0.444 e. The van der Waals surface area contributed by atoms with Crippen LogP contribution in [0.4, 0.5) is 9.18 Å². The zero-order chi connectivity index (χ0) is 18.7. The summed E-state index contributed by atoms with van der Waals surface area (Å²) < 4.78 is 18.3. The van der Waals surface area contributed by atoms with Crippen LogP contribution in [0.1, 0.15) is 40.0 Å². The van der Waals surface area contributed by atoms with E-state index in [0.29, 0.717) is 18.3 Å². The van der Waals surface area contributed by atoms with Crippen LogP contribution in [0.25, 0.3) is 11.4 Å². The Balaban J connectivity index is 1.51. The number of halogens is 1. The number of alkyl carbamates (subject to hydrolysis) is 1. The van der Waals surface area contributed by atoms with E-state index in [0.717, 1.165) is 24.8 Å². The molecule has 0 saturated heterocycles. The molecule has 1 N–H and O–H groups in total. The van der Waals surface area contributed by atoms with Crippen molar-refractivity contribution in [2.75, 3.05) is 0 Å². The maximum Gasteiger partial charge on any atom is 0.407 e. The van der Waals surface area contributed by atoms with Gasteiger partial charge in [-0.05, 0) is 75.4 Å². The molecule has 2 atom stereocenters. The lowest BCUT2D eigenvalue weighted by Crippen LogP contribution is -2.38. The average Bonchev–Trinajstić information content (AvgIpc) is 3.16. The highest BCUT2D eigenvalue weighted by Gasteiger charge is 2.28. The summed E-state index contributed by atoms with van der Waals surface area (Å²) in [4.78, 5) is 13.4. The van der Waals surface area contributed by atoms with Crippen molar-refractivity contribution in [1.29, 1.82) is 0 Å². The van der Waals surface area contributed by atoms with E-state index in [2.05, 4.69) is 20.7 Å². The van der Waals surface area contributed by atoms with E-state index in [1.165, 1.54) is 12.1 Å². The Morgan fingerprint density at radius 2 is 2.04 bits per heavy atom. The molecular formula is C18H24FN5O2. The number of nitrogens with one attached hydrogen (secondary N) is 1. The van der Waals surface area contributed by atoms with E-state index < -0.39 is 5.60 Å². The minimum atomic E-state index is -0.497. The molecule has 0 bridgehead atoms. The van der Waals surface area contributed by atoms with Crippen molar-refractivity contribution in [3.05, 3.63) is 30.1 Å². The topological polar surface area (TPSA) is 81.9 Å². The van der Waals surface area contributed by atoms with Crippen molar-refractivity contribution in [3.63, 3.8) is 0 Å². The number of carbonyl (C=O) groups is 1. The molecule has 1 saturated carbocycles. The third kappa shape index (κ3) is 5.00. The number of amides is 1. The minimum Gasteiger partial charge on any atom is -0.444 e. The molecule has 0 aliphatic heterocycles. The number of benzene rings is 1. The highest BCUT2D eigenvalue weighted by Crippen LogP contribution is 2.27. The van der Waals surface area contributed by atoms with Crippen LogP contribution in [0, 0.1) is 11.7 Å². The molecule has 1 aromatic carbocycles. The molecule has 1 amide bonds. The summed E-state index contributed by atoms with van der Waals surface area (Å²) in [6, 6.07) is 6.12. The van der Waals surface area contributed by atoms with Gasteiger partial charge in [0.25, 0.3) is 0 Å². The van der Waals surface area contributed by atoms with E-state index in [1.54, 1.807) is 16.9 Å². The molecule has 2 aromatic rings. The molecule has 140 valence electrons. The second-order valence-corrected chi connectivity index (χ2v) is 7.70. The third-order valence-corrected chi connectivity index (χ3v) is 4.24. The molecule has 26 heavy (non-hydrogen) atoms. The highest BCUT2D eigenvalue weighted by atomic mass is 19.1. The SMILES string of the molecule is CC(C)(C)OC(=O)N[C@@H]1CC[C@H](Cn2nnc(-c3ccc(F)cc3)n2)C1. The number of hydrogen-bond donors (Lipinski definition) is 1. The molecule has 1 heterocycles. The second kappa shape index (κ2) is 7.39. The Morgan fingerprint density at radius 1 is 1.31 bits per heavy atom. The van der Waals surface area contributed by atoms with Crippen molar-refractivity contribution in [2.24, 2.45) is 5.92 Å². The van der Waals surface area contributed by atoms with Gasteiger partial charge in [0.05, 0.1) is 6.54 Å². The first-order valence-corrected chi connectivity index (χ1v) is 8.82. The molecule has 0 spiro atoms.